The second-order valence-corrected chi connectivity index (χ2v) is 25.7. The molecule has 4 N–H and O–H groups in total. The number of alkyl carbamates (subject to hydrolysis) is 1. The third-order valence-electron chi connectivity index (χ3n) is 11.0. The summed E-state index contributed by atoms with van der Waals surface area (Å²) in [6, 6.07) is 13.4. The first kappa shape index (κ1) is 54.8. The van der Waals surface area contributed by atoms with Gasteiger partial charge in [-0.1, -0.05) is 77.2 Å². The van der Waals surface area contributed by atoms with Gasteiger partial charge in [-0.25, -0.2) is 18.4 Å². The molecule has 68 heavy (non-hydrogen) atoms. The lowest BCUT2D eigenvalue weighted by atomic mass is 9.83. The number of aliphatic carboxylic acids is 1. The number of thioether (sulfide) groups is 1. The first-order valence-electron chi connectivity index (χ1n) is 22.9. The van der Waals surface area contributed by atoms with Crippen LogP contribution in [0.1, 0.15) is 76.6 Å². The Morgan fingerprint density at radius 1 is 0.868 bits per heavy atom. The molecule has 2 atom stereocenters. The van der Waals surface area contributed by atoms with Crippen molar-refractivity contribution >= 4 is 61.4 Å². The molecule has 2 heterocycles. The van der Waals surface area contributed by atoms with E-state index in [2.05, 4.69) is 35.6 Å². The van der Waals surface area contributed by atoms with E-state index < -0.39 is 55.2 Å². The van der Waals surface area contributed by atoms with Crippen LogP contribution >= 0.6 is 11.8 Å². The molecule has 0 aliphatic carbocycles. The number of carbonyl (C=O) groups excluding carboxylic acids is 6. The Labute approximate surface area is 402 Å². The summed E-state index contributed by atoms with van der Waals surface area (Å²) in [5.74, 6) is -4.84. The zero-order valence-electron chi connectivity index (χ0n) is 39.9. The zero-order chi connectivity index (χ0) is 50.0. The Balaban J connectivity index is 1.45. The summed E-state index contributed by atoms with van der Waals surface area (Å²) in [7, 11) is -1.44. The topological polar surface area (TPSA) is 196 Å². The zero-order valence-corrected chi connectivity index (χ0v) is 41.7. The van der Waals surface area contributed by atoms with Crippen molar-refractivity contribution in [2.45, 2.75) is 104 Å². The van der Waals surface area contributed by atoms with Crippen molar-refractivity contribution in [2.24, 2.45) is 5.41 Å². The SMILES string of the molecule is CC(C)(C)C(c1cc(-c2cc(F)ccc2F)cn1Cc1ccccc1)N(CCCNC(=O)OCC[Si](C)(C)C)C(=O)CSCC(NC(=O)CCNC(=O)CCCCCN1C(=O)C=CC1=O)C(=O)O. The summed E-state index contributed by atoms with van der Waals surface area (Å²) in [5.41, 5.74) is 1.38. The molecule has 0 bridgehead atoms. The number of halogens is 2. The van der Waals surface area contributed by atoms with Gasteiger partial charge in [0.25, 0.3) is 11.8 Å². The number of hydrogen-bond donors (Lipinski definition) is 4. The summed E-state index contributed by atoms with van der Waals surface area (Å²) in [5, 5.41) is 17.9. The van der Waals surface area contributed by atoms with Gasteiger partial charge in [0.1, 0.15) is 17.7 Å². The number of ether oxygens (including phenoxy) is 1. The summed E-state index contributed by atoms with van der Waals surface area (Å²) in [6.45, 7) is 13.6. The van der Waals surface area contributed by atoms with Crippen LogP contribution in [0.2, 0.25) is 25.7 Å². The van der Waals surface area contributed by atoms with Gasteiger partial charge >= 0.3 is 12.1 Å². The molecule has 4 rings (SSSR count). The number of carboxylic acids is 1. The van der Waals surface area contributed by atoms with E-state index in [1.165, 1.54) is 12.2 Å². The lowest BCUT2D eigenvalue weighted by Gasteiger charge is -2.41. The van der Waals surface area contributed by atoms with E-state index in [0.717, 1.165) is 46.5 Å². The molecule has 19 heteroatoms. The fraction of sp³-hybridized carbons (Fsp3) is 0.490. The standard InChI is InChI=1S/C49H66F2N6O9SSi/c1-49(2,3)46(40-28-35(37-29-36(50)17-18-38(37)51)31-55(40)30-34-14-9-7-10-15-34)57(25-13-22-53-48(65)66-26-27-68(4,5)6)45(62)33-67-32-39(47(63)64)54-42(59)21-23-52-41(58)16-11-8-12-24-56-43(60)19-20-44(56)61/h7,9-10,14-15,17-20,28-29,31,39,46H,8,11-13,16,21-27,30,32-33H2,1-6H3,(H,52,58)(H,53,65)(H,54,59)(H,63,64). The van der Waals surface area contributed by atoms with Crippen LogP contribution in [-0.2, 0) is 40.0 Å². The molecular formula is C49H66F2N6O9SSi. The van der Waals surface area contributed by atoms with Crippen molar-refractivity contribution in [3.8, 4) is 11.1 Å². The normalized spacial score (nSPS) is 13.6. The highest BCUT2D eigenvalue weighted by Crippen LogP contribution is 2.41. The average molecular weight is 981 g/mol. The van der Waals surface area contributed by atoms with E-state index in [0.29, 0.717) is 50.1 Å². The van der Waals surface area contributed by atoms with Crippen molar-refractivity contribution in [1.82, 2.24) is 30.3 Å². The second kappa shape index (κ2) is 26.1. The van der Waals surface area contributed by atoms with Crippen LogP contribution in [-0.4, -0.2) is 119 Å². The van der Waals surface area contributed by atoms with Gasteiger partial charge in [-0.15, -0.1) is 11.8 Å². The lowest BCUT2D eigenvalue weighted by Crippen LogP contribution is -2.45. The highest BCUT2D eigenvalue weighted by atomic mass is 32.2. The van der Waals surface area contributed by atoms with Gasteiger partial charge in [0.15, 0.2) is 0 Å². The third-order valence-corrected chi connectivity index (χ3v) is 13.8. The second-order valence-electron chi connectivity index (χ2n) is 19.0. The molecule has 0 radical (unpaired) electrons. The van der Waals surface area contributed by atoms with E-state index >= 15 is 4.39 Å². The van der Waals surface area contributed by atoms with Crippen molar-refractivity contribution in [3.05, 3.63) is 95.8 Å². The van der Waals surface area contributed by atoms with Gasteiger partial charge in [0.05, 0.1) is 18.4 Å². The Morgan fingerprint density at radius 2 is 1.57 bits per heavy atom. The number of unbranched alkanes of at least 4 members (excludes halogenated alkanes) is 2. The molecule has 370 valence electrons. The Hall–Kier alpha value is -5.82. The minimum atomic E-state index is -1.44. The molecule has 0 saturated carbocycles. The third kappa shape index (κ3) is 18.0. The molecular weight excluding hydrogens is 915 g/mol. The van der Waals surface area contributed by atoms with Crippen molar-refractivity contribution in [1.29, 1.82) is 0 Å². The molecule has 0 fully saturated rings. The molecule has 3 aromatic rings. The maximum atomic E-state index is 15.3. The van der Waals surface area contributed by atoms with E-state index in [-0.39, 0.29) is 79.7 Å². The first-order chi connectivity index (χ1) is 32.1. The number of imide groups is 1. The number of carboxylic acid groups (broad SMARTS) is 1. The van der Waals surface area contributed by atoms with Crippen LogP contribution in [0.15, 0.2) is 72.9 Å². The van der Waals surface area contributed by atoms with Crippen LogP contribution in [0, 0.1) is 17.0 Å². The lowest BCUT2D eigenvalue weighted by molar-refractivity contribution is -0.141. The highest BCUT2D eigenvalue weighted by molar-refractivity contribution is 8.00. The predicted octanol–water partition coefficient (Wildman–Crippen LogP) is 7.15. The number of aromatic nitrogens is 1. The predicted molar refractivity (Wildman–Crippen MR) is 260 cm³/mol. The summed E-state index contributed by atoms with van der Waals surface area (Å²) in [6.07, 6.45) is 5.58. The number of nitrogens with zero attached hydrogens (tertiary/aromatic N) is 3. The summed E-state index contributed by atoms with van der Waals surface area (Å²) in [4.78, 5) is 90.8. The van der Waals surface area contributed by atoms with Crippen LogP contribution in [0.5, 0.6) is 0 Å². The molecule has 1 aliphatic heterocycles. The van der Waals surface area contributed by atoms with Gasteiger partial charge < -0.3 is 35.3 Å². The number of benzene rings is 2. The van der Waals surface area contributed by atoms with Crippen molar-refractivity contribution < 1.29 is 52.2 Å². The number of rotatable bonds is 27. The number of carbonyl (C=O) groups is 7. The molecule has 1 aromatic heterocycles. The highest BCUT2D eigenvalue weighted by Gasteiger charge is 2.37. The first-order valence-corrected chi connectivity index (χ1v) is 27.8. The van der Waals surface area contributed by atoms with Crippen LogP contribution in [0.3, 0.4) is 0 Å². The fourth-order valence-electron chi connectivity index (χ4n) is 7.53. The Morgan fingerprint density at radius 3 is 2.24 bits per heavy atom. The minimum Gasteiger partial charge on any atom is -0.480 e. The maximum absolute atomic E-state index is 15.3. The molecule has 2 aromatic carbocycles. The fourth-order valence-corrected chi connectivity index (χ4v) is 9.16. The van der Waals surface area contributed by atoms with Gasteiger partial charge in [0.2, 0.25) is 17.7 Å². The van der Waals surface area contributed by atoms with E-state index in [1.54, 1.807) is 17.2 Å². The van der Waals surface area contributed by atoms with Gasteiger partial charge in [-0.2, -0.15) is 0 Å². The van der Waals surface area contributed by atoms with Gasteiger partial charge in [-0.05, 0) is 60.6 Å². The monoisotopic (exact) mass is 980 g/mol. The quantitative estimate of drug-likeness (QED) is 0.0346. The molecule has 0 spiro atoms. The molecule has 2 unspecified atom stereocenters. The van der Waals surface area contributed by atoms with Crippen LogP contribution in [0.25, 0.3) is 11.1 Å². The molecule has 1 aliphatic rings. The van der Waals surface area contributed by atoms with Crippen molar-refractivity contribution in [3.63, 3.8) is 0 Å². The maximum Gasteiger partial charge on any atom is 0.407 e. The van der Waals surface area contributed by atoms with E-state index in [9.17, 15) is 43.1 Å². The Bertz CT molecular complexity index is 2250. The summed E-state index contributed by atoms with van der Waals surface area (Å²) < 4.78 is 37.2. The van der Waals surface area contributed by atoms with Crippen LogP contribution < -0.4 is 16.0 Å². The van der Waals surface area contributed by atoms with E-state index in [1.807, 2.05) is 55.7 Å². The van der Waals surface area contributed by atoms with Crippen molar-refractivity contribution in [2.75, 3.05) is 44.3 Å². The van der Waals surface area contributed by atoms with Gasteiger partial charge in [0, 0.05) is 94.6 Å². The van der Waals surface area contributed by atoms with Crippen LogP contribution in [0.4, 0.5) is 13.6 Å². The Kier molecular flexibility index (Phi) is 21.0. The average Bonchev–Trinajstić information content (AvgIpc) is 3.81. The molecule has 0 saturated heterocycles. The molecule has 15 nitrogen and oxygen atoms in total. The number of hydrogen-bond acceptors (Lipinski definition) is 9. The number of amides is 6. The molecule has 6 amide bonds. The smallest absolute Gasteiger partial charge is 0.407 e. The largest absolute Gasteiger partial charge is 0.480 e. The summed E-state index contributed by atoms with van der Waals surface area (Å²) >= 11 is 1.02. The minimum absolute atomic E-state index is 0.0289. The number of nitrogens with one attached hydrogen (secondary N) is 3. The van der Waals surface area contributed by atoms with E-state index in [4.69, 9.17) is 4.74 Å². The van der Waals surface area contributed by atoms with Gasteiger partial charge in [-0.3, -0.25) is 28.9 Å².